The number of carbonyl (C=O) groups excluding carboxylic acids is 1. The number of phenols is 1. The first-order valence-corrected chi connectivity index (χ1v) is 12.6. The number of nitrogens with zero attached hydrogens (tertiary/aromatic N) is 4. The fourth-order valence-electron chi connectivity index (χ4n) is 5.02. The van der Waals surface area contributed by atoms with Gasteiger partial charge in [0.15, 0.2) is 5.52 Å². The molecule has 3 heterocycles. The number of amides is 1. The van der Waals surface area contributed by atoms with Gasteiger partial charge in [-0.2, -0.15) is 5.10 Å². The largest absolute Gasteiger partial charge is 0.508 e. The van der Waals surface area contributed by atoms with E-state index in [1.165, 1.54) is 10.9 Å². The van der Waals surface area contributed by atoms with Gasteiger partial charge >= 0.3 is 0 Å². The van der Waals surface area contributed by atoms with Crippen molar-refractivity contribution in [1.82, 2.24) is 24.6 Å². The first-order valence-electron chi connectivity index (χ1n) is 12.6. The van der Waals surface area contributed by atoms with Crippen LogP contribution in [0.15, 0.2) is 65.7 Å². The van der Waals surface area contributed by atoms with Crippen molar-refractivity contribution >= 4 is 16.9 Å². The maximum atomic E-state index is 13.1. The number of rotatable bonds is 7. The van der Waals surface area contributed by atoms with Crippen molar-refractivity contribution in [3.63, 3.8) is 0 Å². The van der Waals surface area contributed by atoms with E-state index < -0.39 is 5.60 Å². The monoisotopic (exact) mass is 501 g/mol. The lowest BCUT2D eigenvalue weighted by atomic mass is 9.90. The third-order valence-electron chi connectivity index (χ3n) is 7.25. The number of aromatic nitrogens is 4. The molecule has 0 saturated carbocycles. The predicted octanol–water partition coefficient (Wildman–Crippen LogP) is 2.96. The van der Waals surface area contributed by atoms with Crippen LogP contribution in [0.25, 0.3) is 11.0 Å². The number of phenolic OH excluding ortho intramolecular Hbond substituents is 1. The molecule has 1 unspecified atom stereocenters. The lowest BCUT2D eigenvalue weighted by Crippen LogP contribution is -2.49. The molecule has 0 radical (unpaired) electrons. The third-order valence-corrected chi connectivity index (χ3v) is 7.25. The molecule has 4 aromatic rings. The molecule has 1 aliphatic heterocycles. The number of hydrogen-bond donors (Lipinski definition) is 3. The highest BCUT2D eigenvalue weighted by Gasteiger charge is 2.35. The topological polar surface area (TPSA) is 124 Å². The number of aromatic amines is 1. The number of likely N-dealkylation sites (tertiary alicyclic amines) is 1. The second-order valence-corrected chi connectivity index (χ2v) is 10.0. The number of carbonyl (C=O) groups is 1. The first kappa shape index (κ1) is 24.7. The number of benzene rings is 2. The average Bonchev–Trinajstić information content (AvgIpc) is 3.30. The summed E-state index contributed by atoms with van der Waals surface area (Å²) in [6.07, 6.45) is 3.08. The van der Waals surface area contributed by atoms with E-state index in [1.54, 1.807) is 23.1 Å². The van der Waals surface area contributed by atoms with Crippen LogP contribution in [0.4, 0.5) is 0 Å². The van der Waals surface area contributed by atoms with E-state index in [1.807, 2.05) is 43.3 Å². The minimum atomic E-state index is -1.11. The highest BCUT2D eigenvalue weighted by molar-refractivity contribution is 5.77. The van der Waals surface area contributed by atoms with E-state index in [0.717, 1.165) is 11.1 Å². The Hall–Kier alpha value is -3.98. The fraction of sp³-hybridized carbons (Fsp3) is 0.357. The molecule has 2 aromatic heterocycles. The maximum absolute atomic E-state index is 13.1. The second-order valence-electron chi connectivity index (χ2n) is 10.0. The molecular weight excluding hydrogens is 470 g/mol. The van der Waals surface area contributed by atoms with Gasteiger partial charge in [-0.1, -0.05) is 49.4 Å². The number of aromatic hydroxyl groups is 1. The van der Waals surface area contributed by atoms with Gasteiger partial charge < -0.3 is 15.1 Å². The van der Waals surface area contributed by atoms with Crippen LogP contribution in [0.2, 0.25) is 0 Å². The van der Waals surface area contributed by atoms with E-state index in [9.17, 15) is 19.8 Å². The van der Waals surface area contributed by atoms with E-state index in [2.05, 4.69) is 15.2 Å². The molecule has 37 heavy (non-hydrogen) atoms. The summed E-state index contributed by atoms with van der Waals surface area (Å²) in [5.74, 6) is 0.370. The van der Waals surface area contributed by atoms with Crippen LogP contribution in [0.3, 0.4) is 0 Å². The normalized spacial score (nSPS) is 16.1. The van der Waals surface area contributed by atoms with Crippen LogP contribution in [0.1, 0.15) is 48.9 Å². The number of fused-ring (bicyclic) bond motifs is 1. The van der Waals surface area contributed by atoms with Gasteiger partial charge in [0, 0.05) is 25.9 Å². The van der Waals surface area contributed by atoms with Crippen molar-refractivity contribution in [3.05, 3.63) is 88.1 Å². The Morgan fingerprint density at radius 2 is 1.86 bits per heavy atom. The summed E-state index contributed by atoms with van der Waals surface area (Å²) in [5, 5.41) is 28.0. The summed E-state index contributed by atoms with van der Waals surface area (Å²) in [6, 6.07) is 16.9. The van der Waals surface area contributed by atoms with E-state index >= 15 is 0 Å². The summed E-state index contributed by atoms with van der Waals surface area (Å²) in [4.78, 5) is 32.2. The zero-order valence-electron chi connectivity index (χ0n) is 20.8. The van der Waals surface area contributed by atoms with Crippen LogP contribution in [0.5, 0.6) is 5.75 Å². The lowest BCUT2D eigenvalue weighted by Gasteiger charge is -2.38. The van der Waals surface area contributed by atoms with Crippen LogP contribution in [-0.4, -0.2) is 59.5 Å². The van der Waals surface area contributed by atoms with Gasteiger partial charge in [0.05, 0.1) is 24.2 Å². The fourth-order valence-corrected chi connectivity index (χ4v) is 5.02. The number of nitrogens with one attached hydrogen (secondary N) is 1. The molecule has 192 valence electrons. The van der Waals surface area contributed by atoms with Gasteiger partial charge in [-0.3, -0.25) is 19.3 Å². The summed E-state index contributed by atoms with van der Waals surface area (Å²) in [6.45, 7) is 3.02. The number of aliphatic hydroxyl groups is 1. The summed E-state index contributed by atoms with van der Waals surface area (Å²) >= 11 is 0. The average molecular weight is 502 g/mol. The number of piperidine rings is 1. The SMILES string of the molecule is CC(CC(=O)N1CCC(O)(Cn2cnc3c(Cc4cccc(O)c4)[nH]nc3c2=O)CC1)c1ccccc1. The van der Waals surface area contributed by atoms with Crippen LogP contribution in [0, 0.1) is 0 Å². The van der Waals surface area contributed by atoms with Crippen molar-refractivity contribution in [1.29, 1.82) is 0 Å². The maximum Gasteiger partial charge on any atom is 0.281 e. The molecule has 5 rings (SSSR count). The Kier molecular flexibility index (Phi) is 6.80. The highest BCUT2D eigenvalue weighted by atomic mass is 16.3. The number of hydrogen-bond acceptors (Lipinski definition) is 6. The minimum absolute atomic E-state index is 0.0782. The molecule has 9 nitrogen and oxygen atoms in total. The minimum Gasteiger partial charge on any atom is -0.508 e. The van der Waals surface area contributed by atoms with Crippen molar-refractivity contribution in [2.24, 2.45) is 0 Å². The zero-order valence-corrected chi connectivity index (χ0v) is 20.8. The molecule has 1 atom stereocenters. The Balaban J connectivity index is 1.23. The molecule has 1 fully saturated rings. The number of H-pyrrole nitrogens is 1. The summed E-state index contributed by atoms with van der Waals surface area (Å²) in [5.41, 5.74) is 1.93. The molecule has 1 aliphatic rings. The van der Waals surface area contributed by atoms with E-state index in [-0.39, 0.29) is 35.2 Å². The molecule has 2 aromatic carbocycles. The van der Waals surface area contributed by atoms with Crippen LogP contribution in [-0.2, 0) is 17.8 Å². The zero-order chi connectivity index (χ0) is 26.0. The van der Waals surface area contributed by atoms with Crippen molar-refractivity contribution in [3.8, 4) is 5.75 Å². The van der Waals surface area contributed by atoms with Gasteiger partial charge in [0.1, 0.15) is 11.3 Å². The Bertz CT molecular complexity index is 1450. The first-order chi connectivity index (χ1) is 17.8. The van der Waals surface area contributed by atoms with Gasteiger partial charge in [-0.15, -0.1) is 0 Å². The highest BCUT2D eigenvalue weighted by Crippen LogP contribution is 2.27. The molecule has 0 aliphatic carbocycles. The summed E-state index contributed by atoms with van der Waals surface area (Å²) < 4.78 is 1.40. The van der Waals surface area contributed by atoms with E-state index in [0.29, 0.717) is 50.0 Å². The smallest absolute Gasteiger partial charge is 0.281 e. The van der Waals surface area contributed by atoms with Crippen LogP contribution < -0.4 is 5.56 Å². The predicted molar refractivity (Wildman–Crippen MR) is 139 cm³/mol. The standard InChI is InChI=1S/C28H31N5O4/c1-19(21-7-3-2-4-8-21)14-24(35)32-12-10-28(37,11-13-32)17-33-18-29-25-23(30-31-26(25)27(33)36)16-20-6-5-9-22(34)15-20/h2-9,15,18-19,34,37H,10-14,16-17H2,1H3,(H,30,31). The quantitative estimate of drug-likeness (QED) is 0.358. The molecule has 0 bridgehead atoms. The van der Waals surface area contributed by atoms with Crippen LogP contribution >= 0.6 is 0 Å². The van der Waals surface area contributed by atoms with Gasteiger partial charge in [-0.05, 0) is 42.0 Å². The third kappa shape index (κ3) is 5.41. The molecule has 3 N–H and O–H groups in total. The molecule has 9 heteroatoms. The molecule has 1 amide bonds. The Morgan fingerprint density at radius 3 is 2.59 bits per heavy atom. The Labute approximate surface area is 214 Å². The molecular formula is C28H31N5O4. The van der Waals surface area contributed by atoms with E-state index in [4.69, 9.17) is 0 Å². The Morgan fingerprint density at radius 1 is 1.11 bits per heavy atom. The summed E-state index contributed by atoms with van der Waals surface area (Å²) in [7, 11) is 0. The van der Waals surface area contributed by atoms with Gasteiger partial charge in [0.2, 0.25) is 5.91 Å². The van der Waals surface area contributed by atoms with Gasteiger partial charge in [-0.25, -0.2) is 4.98 Å². The second kappa shape index (κ2) is 10.2. The van der Waals surface area contributed by atoms with Gasteiger partial charge in [0.25, 0.3) is 5.56 Å². The lowest BCUT2D eigenvalue weighted by molar-refractivity contribution is -0.136. The van der Waals surface area contributed by atoms with Crippen molar-refractivity contribution in [2.75, 3.05) is 13.1 Å². The van der Waals surface area contributed by atoms with Crippen molar-refractivity contribution in [2.45, 2.75) is 50.7 Å². The molecule has 1 saturated heterocycles. The molecule has 0 spiro atoms. The van der Waals surface area contributed by atoms with Crippen molar-refractivity contribution < 1.29 is 15.0 Å².